The van der Waals surface area contributed by atoms with E-state index in [-0.39, 0.29) is 6.10 Å². The Bertz CT molecular complexity index is 164. The van der Waals surface area contributed by atoms with Gasteiger partial charge < -0.3 is 15.2 Å². The minimum absolute atomic E-state index is 0.314. The van der Waals surface area contributed by atoms with Crippen molar-refractivity contribution in [1.82, 2.24) is 5.32 Å². The quantitative estimate of drug-likeness (QED) is 0.677. The molecule has 0 amide bonds. The van der Waals surface area contributed by atoms with Gasteiger partial charge in [-0.15, -0.1) is 0 Å². The Morgan fingerprint density at radius 1 is 1.47 bits per heavy atom. The lowest BCUT2D eigenvalue weighted by atomic mass is 10.1. The summed E-state index contributed by atoms with van der Waals surface area (Å²) in [6.07, 6.45) is 5.78. The van der Waals surface area contributed by atoms with Gasteiger partial charge in [0.15, 0.2) is 0 Å². The summed E-state index contributed by atoms with van der Waals surface area (Å²) in [7, 11) is 1.62. The molecule has 0 radical (unpaired) electrons. The summed E-state index contributed by atoms with van der Waals surface area (Å²) < 4.78 is 4.88. The Labute approximate surface area is 93.2 Å². The molecule has 1 rings (SSSR count). The van der Waals surface area contributed by atoms with Gasteiger partial charge in [0.05, 0.1) is 12.7 Å². The summed E-state index contributed by atoms with van der Waals surface area (Å²) in [6.45, 7) is 3.63. The van der Waals surface area contributed by atoms with E-state index in [1.165, 1.54) is 25.7 Å². The van der Waals surface area contributed by atoms with E-state index in [1.54, 1.807) is 7.11 Å². The van der Waals surface area contributed by atoms with Crippen LogP contribution in [0.5, 0.6) is 0 Å². The Morgan fingerprint density at radius 2 is 2.27 bits per heavy atom. The van der Waals surface area contributed by atoms with Gasteiger partial charge in [0.1, 0.15) is 0 Å². The van der Waals surface area contributed by atoms with Crippen molar-refractivity contribution in [3.05, 3.63) is 0 Å². The van der Waals surface area contributed by atoms with Crippen molar-refractivity contribution in [2.24, 2.45) is 5.92 Å². The highest BCUT2D eigenvalue weighted by atomic mass is 16.5. The molecule has 1 aliphatic carbocycles. The first kappa shape index (κ1) is 12.9. The SMILES string of the molecule is CCC1CCC(NCCC(O)COC)C1. The molecule has 3 heteroatoms. The number of methoxy groups -OCH3 is 1. The molecule has 0 spiro atoms. The van der Waals surface area contributed by atoms with Gasteiger partial charge >= 0.3 is 0 Å². The maximum Gasteiger partial charge on any atom is 0.0785 e. The normalized spacial score (nSPS) is 28.2. The van der Waals surface area contributed by atoms with Crippen molar-refractivity contribution in [3.63, 3.8) is 0 Å². The molecule has 1 fully saturated rings. The molecule has 15 heavy (non-hydrogen) atoms. The number of nitrogens with one attached hydrogen (secondary N) is 1. The molecule has 0 aromatic carbocycles. The minimum atomic E-state index is -0.314. The van der Waals surface area contributed by atoms with E-state index in [0.29, 0.717) is 12.6 Å². The fraction of sp³-hybridized carbons (Fsp3) is 1.00. The molecule has 0 aromatic rings. The molecule has 0 saturated heterocycles. The summed E-state index contributed by atoms with van der Waals surface area (Å²) in [5.74, 6) is 0.923. The Kier molecular flexibility index (Phi) is 6.22. The van der Waals surface area contributed by atoms with E-state index >= 15 is 0 Å². The molecular weight excluding hydrogens is 190 g/mol. The topological polar surface area (TPSA) is 41.5 Å². The zero-order valence-electron chi connectivity index (χ0n) is 10.0. The van der Waals surface area contributed by atoms with Crippen LogP contribution in [0.3, 0.4) is 0 Å². The van der Waals surface area contributed by atoms with E-state index in [2.05, 4.69) is 12.2 Å². The smallest absolute Gasteiger partial charge is 0.0785 e. The lowest BCUT2D eigenvalue weighted by Crippen LogP contribution is -2.30. The molecule has 3 atom stereocenters. The molecule has 3 unspecified atom stereocenters. The van der Waals surface area contributed by atoms with Gasteiger partial charge in [-0.25, -0.2) is 0 Å². The molecule has 0 aromatic heterocycles. The molecule has 0 heterocycles. The van der Waals surface area contributed by atoms with Gasteiger partial charge in [-0.05, 0) is 38.1 Å². The minimum Gasteiger partial charge on any atom is -0.391 e. The van der Waals surface area contributed by atoms with E-state index in [0.717, 1.165) is 18.9 Å². The average molecular weight is 215 g/mol. The van der Waals surface area contributed by atoms with Crippen molar-refractivity contribution < 1.29 is 9.84 Å². The van der Waals surface area contributed by atoms with Crippen LogP contribution in [0.1, 0.15) is 39.0 Å². The lowest BCUT2D eigenvalue weighted by Gasteiger charge is -2.14. The highest BCUT2D eigenvalue weighted by molar-refractivity contribution is 4.79. The van der Waals surface area contributed by atoms with Gasteiger partial charge in [0.25, 0.3) is 0 Å². The molecule has 0 aliphatic heterocycles. The standard InChI is InChI=1S/C12H25NO2/c1-3-10-4-5-11(8-10)13-7-6-12(14)9-15-2/h10-14H,3-9H2,1-2H3. The van der Waals surface area contributed by atoms with Gasteiger partial charge in [0, 0.05) is 13.2 Å². The zero-order chi connectivity index (χ0) is 11.1. The van der Waals surface area contributed by atoms with Crippen molar-refractivity contribution in [2.75, 3.05) is 20.3 Å². The summed E-state index contributed by atoms with van der Waals surface area (Å²) >= 11 is 0. The monoisotopic (exact) mass is 215 g/mol. The third-order valence-electron chi connectivity index (χ3n) is 3.39. The first-order valence-corrected chi connectivity index (χ1v) is 6.16. The molecule has 1 saturated carbocycles. The van der Waals surface area contributed by atoms with Crippen LogP contribution < -0.4 is 5.32 Å². The highest BCUT2D eigenvalue weighted by Gasteiger charge is 2.22. The third kappa shape index (κ3) is 4.96. The maximum absolute atomic E-state index is 9.46. The fourth-order valence-electron chi connectivity index (χ4n) is 2.36. The van der Waals surface area contributed by atoms with E-state index in [1.807, 2.05) is 0 Å². The molecule has 3 nitrogen and oxygen atoms in total. The fourth-order valence-corrected chi connectivity index (χ4v) is 2.36. The summed E-state index contributed by atoms with van der Waals surface area (Å²) in [5, 5.41) is 13.0. The first-order chi connectivity index (χ1) is 7.26. The van der Waals surface area contributed by atoms with Crippen LogP contribution in [0.15, 0.2) is 0 Å². The molecular formula is C12H25NO2. The molecule has 90 valence electrons. The van der Waals surface area contributed by atoms with E-state index in [4.69, 9.17) is 4.74 Å². The van der Waals surface area contributed by atoms with Crippen molar-refractivity contribution >= 4 is 0 Å². The second kappa shape index (κ2) is 7.20. The van der Waals surface area contributed by atoms with Crippen LogP contribution in [-0.4, -0.2) is 37.5 Å². The van der Waals surface area contributed by atoms with Crippen molar-refractivity contribution in [3.8, 4) is 0 Å². The van der Waals surface area contributed by atoms with Crippen LogP contribution in [0.4, 0.5) is 0 Å². The highest BCUT2D eigenvalue weighted by Crippen LogP contribution is 2.27. The second-order valence-electron chi connectivity index (χ2n) is 4.64. The van der Waals surface area contributed by atoms with Crippen LogP contribution in [0.25, 0.3) is 0 Å². The van der Waals surface area contributed by atoms with Gasteiger partial charge in [-0.2, -0.15) is 0 Å². The zero-order valence-corrected chi connectivity index (χ0v) is 10.0. The number of aliphatic hydroxyl groups is 1. The van der Waals surface area contributed by atoms with E-state index in [9.17, 15) is 5.11 Å². The summed E-state index contributed by atoms with van der Waals surface area (Å²) in [6, 6.07) is 0.685. The molecule has 1 aliphatic rings. The van der Waals surface area contributed by atoms with Crippen LogP contribution in [0, 0.1) is 5.92 Å². The predicted molar refractivity (Wildman–Crippen MR) is 61.9 cm³/mol. The lowest BCUT2D eigenvalue weighted by molar-refractivity contribution is 0.0590. The van der Waals surface area contributed by atoms with Crippen LogP contribution in [0.2, 0.25) is 0 Å². The Hall–Kier alpha value is -0.120. The number of hydrogen-bond acceptors (Lipinski definition) is 3. The summed E-state index contributed by atoms with van der Waals surface area (Å²) in [4.78, 5) is 0. The van der Waals surface area contributed by atoms with Crippen LogP contribution >= 0.6 is 0 Å². The second-order valence-corrected chi connectivity index (χ2v) is 4.64. The number of ether oxygens (including phenoxy) is 1. The maximum atomic E-state index is 9.46. The van der Waals surface area contributed by atoms with Crippen molar-refractivity contribution in [2.45, 2.75) is 51.2 Å². The van der Waals surface area contributed by atoms with Crippen molar-refractivity contribution in [1.29, 1.82) is 0 Å². The average Bonchev–Trinajstić information content (AvgIpc) is 2.66. The third-order valence-corrected chi connectivity index (χ3v) is 3.39. The van der Waals surface area contributed by atoms with E-state index < -0.39 is 0 Å². The number of rotatable bonds is 7. The molecule has 0 bridgehead atoms. The summed E-state index contributed by atoms with van der Waals surface area (Å²) in [5.41, 5.74) is 0. The largest absolute Gasteiger partial charge is 0.391 e. The van der Waals surface area contributed by atoms with Crippen LogP contribution in [-0.2, 0) is 4.74 Å². The predicted octanol–water partition coefficient (Wildman–Crippen LogP) is 1.55. The number of aliphatic hydroxyl groups excluding tert-OH is 1. The van der Waals surface area contributed by atoms with Gasteiger partial charge in [0.2, 0.25) is 0 Å². The number of hydrogen-bond donors (Lipinski definition) is 2. The van der Waals surface area contributed by atoms with Gasteiger partial charge in [-0.1, -0.05) is 13.3 Å². The first-order valence-electron chi connectivity index (χ1n) is 6.16. The Morgan fingerprint density at radius 3 is 2.87 bits per heavy atom. The Balaban J connectivity index is 2.01. The molecule has 2 N–H and O–H groups in total. The van der Waals surface area contributed by atoms with Gasteiger partial charge in [-0.3, -0.25) is 0 Å².